The molecule has 1 nitrogen and oxygen atoms in total. The van der Waals surface area contributed by atoms with Crippen LogP contribution in [0.4, 0.5) is 0 Å². The average Bonchev–Trinajstić information content (AvgIpc) is 2.74. The quantitative estimate of drug-likeness (QED) is 0.796. The number of benzene rings is 1. The number of rotatable bonds is 2. The van der Waals surface area contributed by atoms with Crippen molar-refractivity contribution >= 4 is 55.6 Å². The molecule has 2 aromatic rings. The minimum Gasteiger partial charge on any atom is -0.320 e. The maximum Gasteiger partial charge on any atom is 0.0571 e. The first kappa shape index (κ1) is 14.2. The Morgan fingerprint density at radius 2 is 1.94 bits per heavy atom. The second-order valence-electron chi connectivity index (χ2n) is 3.20. The Hall–Kier alpha value is 0.130. The highest BCUT2D eigenvalue weighted by atomic mass is 79.9. The third-order valence-electron chi connectivity index (χ3n) is 2.20. The van der Waals surface area contributed by atoms with Gasteiger partial charge in [-0.05, 0) is 46.2 Å². The molecule has 1 atom stereocenters. The van der Waals surface area contributed by atoms with Gasteiger partial charge in [-0.15, -0.1) is 12.4 Å². The van der Waals surface area contributed by atoms with Crippen LogP contribution in [0.5, 0.6) is 0 Å². The lowest BCUT2D eigenvalue weighted by molar-refractivity contribution is 0.870. The van der Waals surface area contributed by atoms with Gasteiger partial charge in [0.15, 0.2) is 0 Å². The summed E-state index contributed by atoms with van der Waals surface area (Å²) >= 11 is 8.64. The minimum atomic E-state index is -0.0666. The lowest BCUT2D eigenvalue weighted by atomic mass is 10.0. The number of hydrogen-bond donors (Lipinski definition) is 1. The van der Waals surface area contributed by atoms with Crippen LogP contribution in [0, 0.1) is 0 Å². The van der Waals surface area contributed by atoms with Crippen LogP contribution in [0.25, 0.3) is 0 Å². The lowest BCUT2D eigenvalue weighted by Crippen LogP contribution is -2.11. The molecular weight excluding hydrogens is 373 g/mol. The third-order valence-corrected chi connectivity index (χ3v) is 4.11. The molecule has 2 N–H and O–H groups in total. The van der Waals surface area contributed by atoms with Crippen molar-refractivity contribution < 1.29 is 0 Å². The third kappa shape index (κ3) is 3.08. The SMILES string of the molecule is Cl.N[C@@H](c1ccsc1)c1cc(Br)ccc1Br. The summed E-state index contributed by atoms with van der Waals surface area (Å²) in [7, 11) is 0. The maximum atomic E-state index is 6.19. The highest BCUT2D eigenvalue weighted by Crippen LogP contribution is 2.30. The highest BCUT2D eigenvalue weighted by Gasteiger charge is 2.12. The maximum absolute atomic E-state index is 6.19. The largest absolute Gasteiger partial charge is 0.320 e. The molecule has 0 saturated carbocycles. The van der Waals surface area contributed by atoms with Gasteiger partial charge >= 0.3 is 0 Å². The fourth-order valence-electron chi connectivity index (χ4n) is 1.38. The van der Waals surface area contributed by atoms with Crippen molar-refractivity contribution in [3.8, 4) is 0 Å². The van der Waals surface area contributed by atoms with Crippen molar-refractivity contribution in [1.29, 1.82) is 0 Å². The molecule has 1 heterocycles. The van der Waals surface area contributed by atoms with Crippen molar-refractivity contribution in [2.45, 2.75) is 6.04 Å². The van der Waals surface area contributed by atoms with Gasteiger partial charge in [0, 0.05) is 8.95 Å². The molecule has 0 unspecified atom stereocenters. The molecule has 5 heteroatoms. The molecular formula is C11H10Br2ClNS. The second-order valence-corrected chi connectivity index (χ2v) is 5.75. The summed E-state index contributed by atoms with van der Waals surface area (Å²) in [4.78, 5) is 0. The van der Waals surface area contributed by atoms with E-state index in [9.17, 15) is 0 Å². The van der Waals surface area contributed by atoms with E-state index in [-0.39, 0.29) is 18.4 Å². The van der Waals surface area contributed by atoms with Gasteiger partial charge in [0.05, 0.1) is 6.04 Å². The smallest absolute Gasteiger partial charge is 0.0571 e. The second kappa shape index (κ2) is 6.17. The van der Waals surface area contributed by atoms with Gasteiger partial charge in [0.1, 0.15) is 0 Å². The molecule has 0 bridgehead atoms. The van der Waals surface area contributed by atoms with Crippen LogP contribution in [0.15, 0.2) is 44.0 Å². The molecule has 0 aliphatic rings. The standard InChI is InChI=1S/C11H9Br2NS.ClH/c12-8-1-2-10(13)9(5-8)11(14)7-3-4-15-6-7;/h1-6,11H,14H2;1H/t11-;/m0./s1. The molecule has 86 valence electrons. The molecule has 0 aliphatic carbocycles. The fraction of sp³-hybridized carbons (Fsp3) is 0.0909. The van der Waals surface area contributed by atoms with E-state index in [1.54, 1.807) is 11.3 Å². The van der Waals surface area contributed by atoms with E-state index in [2.05, 4.69) is 43.3 Å². The average molecular weight is 384 g/mol. The lowest BCUT2D eigenvalue weighted by Gasteiger charge is -2.12. The van der Waals surface area contributed by atoms with Gasteiger partial charge in [-0.3, -0.25) is 0 Å². The first-order valence-electron chi connectivity index (χ1n) is 4.41. The number of nitrogens with two attached hydrogens (primary N) is 1. The van der Waals surface area contributed by atoms with Crippen molar-refractivity contribution in [3.05, 3.63) is 55.1 Å². The summed E-state index contributed by atoms with van der Waals surface area (Å²) in [5.74, 6) is 0. The summed E-state index contributed by atoms with van der Waals surface area (Å²) in [6.07, 6.45) is 0. The molecule has 16 heavy (non-hydrogen) atoms. The van der Waals surface area contributed by atoms with Crippen LogP contribution in [-0.2, 0) is 0 Å². The Bertz CT molecular complexity index is 459. The van der Waals surface area contributed by atoms with E-state index in [0.29, 0.717) is 0 Å². The molecule has 0 radical (unpaired) electrons. The first-order valence-corrected chi connectivity index (χ1v) is 6.94. The van der Waals surface area contributed by atoms with E-state index in [4.69, 9.17) is 5.73 Å². The normalized spacial score (nSPS) is 11.9. The first-order chi connectivity index (χ1) is 7.18. The zero-order valence-electron chi connectivity index (χ0n) is 8.19. The molecule has 0 aliphatic heterocycles. The van der Waals surface area contributed by atoms with Gasteiger partial charge in [0.25, 0.3) is 0 Å². The van der Waals surface area contributed by atoms with Crippen LogP contribution in [0.3, 0.4) is 0 Å². The van der Waals surface area contributed by atoms with Gasteiger partial charge in [-0.1, -0.05) is 31.9 Å². The highest BCUT2D eigenvalue weighted by molar-refractivity contribution is 9.11. The van der Waals surface area contributed by atoms with Crippen LogP contribution < -0.4 is 5.73 Å². The Labute approximate surface area is 122 Å². The predicted molar refractivity (Wildman–Crippen MR) is 79.4 cm³/mol. The molecule has 1 aromatic carbocycles. The zero-order chi connectivity index (χ0) is 10.8. The van der Waals surface area contributed by atoms with Crippen LogP contribution >= 0.6 is 55.6 Å². The van der Waals surface area contributed by atoms with E-state index >= 15 is 0 Å². The minimum absolute atomic E-state index is 0. The zero-order valence-corrected chi connectivity index (χ0v) is 13.0. The van der Waals surface area contributed by atoms with Gasteiger partial charge in [-0.25, -0.2) is 0 Å². The fourth-order valence-corrected chi connectivity index (χ4v) is 2.95. The van der Waals surface area contributed by atoms with Gasteiger partial charge in [-0.2, -0.15) is 11.3 Å². The van der Waals surface area contributed by atoms with Crippen LogP contribution in [0.2, 0.25) is 0 Å². The molecule has 1 aromatic heterocycles. The Balaban J connectivity index is 0.00000128. The summed E-state index contributed by atoms with van der Waals surface area (Å²) in [6, 6.07) is 8.04. The van der Waals surface area contributed by atoms with Gasteiger partial charge < -0.3 is 5.73 Å². The molecule has 2 rings (SSSR count). The van der Waals surface area contributed by atoms with E-state index in [0.717, 1.165) is 20.1 Å². The Morgan fingerprint density at radius 3 is 2.56 bits per heavy atom. The summed E-state index contributed by atoms with van der Waals surface area (Å²) in [5, 5.41) is 4.12. The monoisotopic (exact) mass is 381 g/mol. The number of hydrogen-bond acceptors (Lipinski definition) is 2. The van der Waals surface area contributed by atoms with Crippen molar-refractivity contribution in [1.82, 2.24) is 0 Å². The molecule has 0 amide bonds. The number of thiophene rings is 1. The molecule has 0 fully saturated rings. The summed E-state index contributed by atoms with van der Waals surface area (Å²) in [6.45, 7) is 0. The van der Waals surface area contributed by atoms with Crippen molar-refractivity contribution in [2.24, 2.45) is 5.73 Å². The van der Waals surface area contributed by atoms with Crippen LogP contribution in [0.1, 0.15) is 17.2 Å². The topological polar surface area (TPSA) is 26.0 Å². The summed E-state index contributed by atoms with van der Waals surface area (Å²) in [5.41, 5.74) is 8.44. The van der Waals surface area contributed by atoms with Crippen LogP contribution in [-0.4, -0.2) is 0 Å². The van der Waals surface area contributed by atoms with E-state index < -0.39 is 0 Å². The molecule has 0 saturated heterocycles. The van der Waals surface area contributed by atoms with Gasteiger partial charge in [0.2, 0.25) is 0 Å². The summed E-state index contributed by atoms with van der Waals surface area (Å²) < 4.78 is 2.09. The Morgan fingerprint density at radius 1 is 1.19 bits per heavy atom. The predicted octanol–water partition coefficient (Wildman–Crippen LogP) is 4.74. The van der Waals surface area contributed by atoms with E-state index in [1.165, 1.54) is 0 Å². The van der Waals surface area contributed by atoms with Crippen molar-refractivity contribution in [3.63, 3.8) is 0 Å². The van der Waals surface area contributed by atoms with Crippen molar-refractivity contribution in [2.75, 3.05) is 0 Å². The Kier molecular flexibility index (Phi) is 5.47. The molecule has 0 spiro atoms. The number of halogens is 3. The van der Waals surface area contributed by atoms with E-state index in [1.807, 2.05) is 23.6 Å².